The van der Waals surface area contributed by atoms with Crippen LogP contribution < -0.4 is 11.1 Å². The van der Waals surface area contributed by atoms with E-state index < -0.39 is 11.4 Å². The number of carbonyl (C=O) groups excluding carboxylic acids is 1. The smallest absolute Gasteiger partial charge is 0.242 e. The molecule has 1 rings (SSSR count). The molecule has 1 heterocycles. The first-order valence-electron chi connectivity index (χ1n) is 5.89. The Labute approximate surface area is 112 Å². The second kappa shape index (κ2) is 5.52. The fourth-order valence-electron chi connectivity index (χ4n) is 1.35. The van der Waals surface area contributed by atoms with Crippen molar-refractivity contribution < 1.29 is 4.79 Å². The maximum absolute atomic E-state index is 11.3. The van der Waals surface area contributed by atoms with Crippen LogP contribution in [0.15, 0.2) is 0 Å². The zero-order valence-electron chi connectivity index (χ0n) is 11.2. The molecule has 100 valence electrons. The average Bonchev–Trinajstić information content (AvgIpc) is 2.25. The molecule has 0 aromatic carbocycles. The number of nitrogens with zero attached hydrogens (tertiary/aromatic N) is 2. The van der Waals surface area contributed by atoms with Gasteiger partial charge >= 0.3 is 0 Å². The molecule has 5 nitrogen and oxygen atoms in total. The van der Waals surface area contributed by atoms with Crippen LogP contribution in [0.2, 0.25) is 5.15 Å². The maximum atomic E-state index is 11.3. The molecule has 1 amide bonds. The van der Waals surface area contributed by atoms with Crippen LogP contribution in [-0.4, -0.2) is 21.4 Å². The molecule has 0 fully saturated rings. The Balaban J connectivity index is 3.11. The molecular formula is C12H19ClN4O. The first kappa shape index (κ1) is 14.7. The average molecular weight is 271 g/mol. The minimum atomic E-state index is -0.883. The molecule has 6 heteroatoms. The summed E-state index contributed by atoms with van der Waals surface area (Å²) in [5, 5.41) is 3.41. The van der Waals surface area contributed by atoms with E-state index in [9.17, 15) is 4.79 Å². The van der Waals surface area contributed by atoms with Crippen molar-refractivity contribution in [3.05, 3.63) is 16.5 Å². The van der Waals surface area contributed by atoms with Crippen LogP contribution >= 0.6 is 11.6 Å². The van der Waals surface area contributed by atoms with E-state index >= 15 is 0 Å². The number of amides is 1. The number of nitrogens with two attached hydrogens (primary N) is 1. The van der Waals surface area contributed by atoms with Gasteiger partial charge in [-0.05, 0) is 27.2 Å². The summed E-state index contributed by atoms with van der Waals surface area (Å²) < 4.78 is 0. The molecule has 0 unspecified atom stereocenters. The molecule has 18 heavy (non-hydrogen) atoms. The van der Waals surface area contributed by atoms with Gasteiger partial charge in [-0.2, -0.15) is 0 Å². The Morgan fingerprint density at radius 2 is 2.06 bits per heavy atom. The van der Waals surface area contributed by atoms with E-state index in [1.807, 2.05) is 6.92 Å². The van der Waals surface area contributed by atoms with E-state index in [1.54, 1.807) is 20.8 Å². The molecular weight excluding hydrogens is 252 g/mol. The third-order valence-corrected chi connectivity index (χ3v) is 3.02. The van der Waals surface area contributed by atoms with Gasteiger partial charge in [-0.15, -0.1) is 0 Å². The van der Waals surface area contributed by atoms with Gasteiger partial charge in [0, 0.05) is 12.0 Å². The molecule has 0 saturated heterocycles. The zero-order chi connectivity index (χ0) is 13.9. The maximum Gasteiger partial charge on any atom is 0.242 e. The van der Waals surface area contributed by atoms with Crippen molar-refractivity contribution in [3.63, 3.8) is 0 Å². The topological polar surface area (TPSA) is 80.9 Å². The standard InChI is InChI=1S/C12H19ClN4O/c1-5-6-8-15-9(13)7(2)10(16-8)17-12(3,4)11(14)18/h5-6H2,1-4H3,(H2,14,18)(H,15,16,17). The number of hydrogen-bond donors (Lipinski definition) is 2. The fraction of sp³-hybridized carbons (Fsp3) is 0.583. The van der Waals surface area contributed by atoms with Crippen molar-refractivity contribution in [3.8, 4) is 0 Å². The predicted octanol–water partition coefficient (Wildman–Crippen LogP) is 2.07. The van der Waals surface area contributed by atoms with Gasteiger partial charge in [0.25, 0.3) is 0 Å². The molecule has 0 saturated carbocycles. The summed E-state index contributed by atoms with van der Waals surface area (Å²) in [6.07, 6.45) is 1.67. The number of anilines is 1. The second-order valence-corrected chi connectivity index (χ2v) is 5.13. The summed E-state index contributed by atoms with van der Waals surface area (Å²) in [4.78, 5) is 19.9. The molecule has 0 atom stereocenters. The quantitative estimate of drug-likeness (QED) is 0.803. The van der Waals surface area contributed by atoms with Gasteiger partial charge in [-0.3, -0.25) is 4.79 Å². The van der Waals surface area contributed by atoms with Crippen molar-refractivity contribution in [2.75, 3.05) is 5.32 Å². The SMILES string of the molecule is CCCc1nc(Cl)c(C)c(NC(C)(C)C(N)=O)n1. The van der Waals surface area contributed by atoms with Crippen molar-refractivity contribution in [1.82, 2.24) is 9.97 Å². The lowest BCUT2D eigenvalue weighted by Crippen LogP contribution is -2.45. The van der Waals surface area contributed by atoms with Crippen LogP contribution in [0.1, 0.15) is 38.6 Å². The Bertz CT molecular complexity index is 460. The van der Waals surface area contributed by atoms with Crippen molar-refractivity contribution in [2.24, 2.45) is 5.73 Å². The number of primary amides is 1. The highest BCUT2D eigenvalue weighted by Gasteiger charge is 2.26. The summed E-state index contributed by atoms with van der Waals surface area (Å²) in [5.74, 6) is 0.770. The molecule has 3 N–H and O–H groups in total. The lowest BCUT2D eigenvalue weighted by Gasteiger charge is -2.24. The summed E-state index contributed by atoms with van der Waals surface area (Å²) in [6.45, 7) is 7.24. The van der Waals surface area contributed by atoms with Gasteiger partial charge in [-0.25, -0.2) is 9.97 Å². The normalized spacial score (nSPS) is 11.4. The molecule has 0 radical (unpaired) electrons. The number of halogens is 1. The molecule has 1 aromatic heterocycles. The number of carbonyl (C=O) groups is 1. The summed E-state index contributed by atoms with van der Waals surface area (Å²) in [6, 6.07) is 0. The number of rotatable bonds is 5. The van der Waals surface area contributed by atoms with Gasteiger partial charge in [0.2, 0.25) is 5.91 Å². The van der Waals surface area contributed by atoms with Crippen molar-refractivity contribution in [1.29, 1.82) is 0 Å². The first-order chi connectivity index (χ1) is 8.27. The first-order valence-corrected chi connectivity index (χ1v) is 6.26. The third kappa shape index (κ3) is 3.32. The largest absolute Gasteiger partial charge is 0.368 e. The minimum absolute atomic E-state index is 0.399. The number of nitrogens with one attached hydrogen (secondary N) is 1. The van der Waals surface area contributed by atoms with Gasteiger partial charge in [-0.1, -0.05) is 18.5 Å². The predicted molar refractivity (Wildman–Crippen MR) is 72.7 cm³/mol. The van der Waals surface area contributed by atoms with Crippen LogP contribution in [0.4, 0.5) is 5.82 Å². The minimum Gasteiger partial charge on any atom is -0.368 e. The summed E-state index contributed by atoms with van der Waals surface area (Å²) in [5.41, 5.74) is 5.16. The van der Waals surface area contributed by atoms with Crippen LogP contribution in [0.25, 0.3) is 0 Å². The summed E-state index contributed by atoms with van der Waals surface area (Å²) in [7, 11) is 0. The third-order valence-electron chi connectivity index (χ3n) is 2.65. The van der Waals surface area contributed by atoms with E-state index in [4.69, 9.17) is 17.3 Å². The molecule has 0 aliphatic heterocycles. The lowest BCUT2D eigenvalue weighted by atomic mass is 10.1. The van der Waals surface area contributed by atoms with Crippen molar-refractivity contribution >= 4 is 23.3 Å². The van der Waals surface area contributed by atoms with Gasteiger partial charge in [0.1, 0.15) is 22.3 Å². The van der Waals surface area contributed by atoms with E-state index in [0.29, 0.717) is 22.4 Å². The van der Waals surface area contributed by atoms with E-state index in [1.165, 1.54) is 0 Å². The Kier molecular flexibility index (Phi) is 4.51. The van der Waals surface area contributed by atoms with E-state index in [2.05, 4.69) is 15.3 Å². The molecule has 0 aliphatic carbocycles. The van der Waals surface area contributed by atoms with Gasteiger partial charge in [0.05, 0.1) is 0 Å². The number of hydrogen-bond acceptors (Lipinski definition) is 4. The van der Waals surface area contributed by atoms with E-state index in [-0.39, 0.29) is 0 Å². The molecule has 0 aliphatic rings. The molecule has 0 bridgehead atoms. The van der Waals surface area contributed by atoms with Crippen LogP contribution in [0.5, 0.6) is 0 Å². The van der Waals surface area contributed by atoms with Crippen molar-refractivity contribution in [2.45, 2.75) is 46.1 Å². The zero-order valence-corrected chi connectivity index (χ0v) is 11.9. The Hall–Kier alpha value is -1.36. The van der Waals surface area contributed by atoms with E-state index in [0.717, 1.165) is 12.8 Å². The second-order valence-electron chi connectivity index (χ2n) is 4.77. The van der Waals surface area contributed by atoms with Crippen LogP contribution in [0.3, 0.4) is 0 Å². The fourth-order valence-corrected chi connectivity index (χ4v) is 1.53. The molecule has 0 spiro atoms. The highest BCUT2D eigenvalue weighted by Crippen LogP contribution is 2.23. The van der Waals surface area contributed by atoms with Crippen LogP contribution in [-0.2, 0) is 11.2 Å². The summed E-state index contributed by atoms with van der Waals surface area (Å²) >= 11 is 6.06. The Morgan fingerprint density at radius 1 is 1.44 bits per heavy atom. The number of aromatic nitrogens is 2. The van der Waals surface area contributed by atoms with Crippen LogP contribution in [0, 0.1) is 6.92 Å². The highest BCUT2D eigenvalue weighted by atomic mass is 35.5. The highest BCUT2D eigenvalue weighted by molar-refractivity contribution is 6.30. The number of aryl methyl sites for hydroxylation is 1. The van der Waals surface area contributed by atoms with Gasteiger partial charge < -0.3 is 11.1 Å². The Morgan fingerprint density at radius 3 is 2.56 bits per heavy atom. The molecule has 1 aromatic rings. The lowest BCUT2D eigenvalue weighted by molar-refractivity contribution is -0.121. The monoisotopic (exact) mass is 270 g/mol. The van der Waals surface area contributed by atoms with Gasteiger partial charge in [0.15, 0.2) is 0 Å².